The average Bonchev–Trinajstić information content (AvgIpc) is 3.18. The lowest BCUT2D eigenvalue weighted by molar-refractivity contribution is -0.127. The van der Waals surface area contributed by atoms with Crippen LogP contribution in [0.3, 0.4) is 0 Å². The molecule has 0 fully saturated rings. The van der Waals surface area contributed by atoms with Crippen LogP contribution in [-0.4, -0.2) is 53.7 Å². The summed E-state index contributed by atoms with van der Waals surface area (Å²) in [5, 5.41) is 11.0. The largest absolute Gasteiger partial charge is 0.356 e. The second kappa shape index (κ2) is 9.75. The summed E-state index contributed by atoms with van der Waals surface area (Å²) in [7, 11) is 3.46. The Labute approximate surface area is 161 Å². The molecule has 27 heavy (non-hydrogen) atoms. The Morgan fingerprint density at radius 1 is 1.26 bits per heavy atom. The number of aromatic nitrogens is 2. The second-order valence-corrected chi connectivity index (χ2v) is 7.14. The van der Waals surface area contributed by atoms with Crippen molar-refractivity contribution in [1.82, 2.24) is 25.3 Å². The Morgan fingerprint density at radius 3 is 2.67 bits per heavy atom. The number of benzene rings is 1. The SMILES string of the molecule is CC(C)CNC(=NCC(=O)N(C)C)NC(C)c1cccc(-n2cccn2)c1. The average molecular weight is 371 g/mol. The van der Waals surface area contributed by atoms with Crippen molar-refractivity contribution in [2.75, 3.05) is 27.2 Å². The summed E-state index contributed by atoms with van der Waals surface area (Å²) in [6.07, 6.45) is 3.68. The van der Waals surface area contributed by atoms with E-state index in [1.807, 2.05) is 29.1 Å². The smallest absolute Gasteiger partial charge is 0.243 e. The molecular formula is C20H30N6O. The Hall–Kier alpha value is -2.83. The van der Waals surface area contributed by atoms with E-state index in [2.05, 4.69) is 53.6 Å². The fourth-order valence-corrected chi connectivity index (χ4v) is 2.39. The minimum absolute atomic E-state index is 0.0217. The first-order chi connectivity index (χ1) is 12.9. The molecule has 2 N–H and O–H groups in total. The van der Waals surface area contributed by atoms with Gasteiger partial charge in [-0.3, -0.25) is 4.79 Å². The summed E-state index contributed by atoms with van der Waals surface area (Å²) < 4.78 is 1.83. The van der Waals surface area contributed by atoms with Crippen LogP contribution in [0, 0.1) is 5.92 Å². The summed E-state index contributed by atoms with van der Waals surface area (Å²) in [6, 6.07) is 10.1. The van der Waals surface area contributed by atoms with Crippen LogP contribution in [0.5, 0.6) is 0 Å². The zero-order valence-electron chi connectivity index (χ0n) is 16.8. The maximum Gasteiger partial charge on any atom is 0.243 e. The highest BCUT2D eigenvalue weighted by molar-refractivity contribution is 5.85. The predicted molar refractivity (Wildman–Crippen MR) is 109 cm³/mol. The van der Waals surface area contributed by atoms with Crippen molar-refractivity contribution >= 4 is 11.9 Å². The van der Waals surface area contributed by atoms with E-state index in [1.54, 1.807) is 25.2 Å². The summed E-state index contributed by atoms with van der Waals surface area (Å²) >= 11 is 0. The van der Waals surface area contributed by atoms with Crippen molar-refractivity contribution in [3.8, 4) is 5.69 Å². The number of carbonyl (C=O) groups is 1. The Kier molecular flexibility index (Phi) is 7.40. The highest BCUT2D eigenvalue weighted by Gasteiger charge is 2.11. The molecule has 1 heterocycles. The number of nitrogens with zero attached hydrogens (tertiary/aromatic N) is 4. The van der Waals surface area contributed by atoms with Crippen molar-refractivity contribution in [3.63, 3.8) is 0 Å². The summed E-state index contributed by atoms with van der Waals surface area (Å²) in [5.74, 6) is 1.07. The number of nitrogens with one attached hydrogen (secondary N) is 2. The fraction of sp³-hybridized carbons (Fsp3) is 0.450. The summed E-state index contributed by atoms with van der Waals surface area (Å²) in [4.78, 5) is 17.9. The highest BCUT2D eigenvalue weighted by Crippen LogP contribution is 2.16. The summed E-state index contributed by atoms with van der Waals surface area (Å²) in [5.41, 5.74) is 2.11. The van der Waals surface area contributed by atoms with Gasteiger partial charge in [-0.1, -0.05) is 26.0 Å². The second-order valence-electron chi connectivity index (χ2n) is 7.14. The lowest BCUT2D eigenvalue weighted by atomic mass is 10.1. The monoisotopic (exact) mass is 370 g/mol. The van der Waals surface area contributed by atoms with Gasteiger partial charge in [0, 0.05) is 33.0 Å². The van der Waals surface area contributed by atoms with E-state index in [9.17, 15) is 4.79 Å². The number of hydrogen-bond acceptors (Lipinski definition) is 3. The molecule has 1 unspecified atom stereocenters. The lowest BCUT2D eigenvalue weighted by Gasteiger charge is -2.20. The summed E-state index contributed by atoms with van der Waals surface area (Å²) in [6.45, 7) is 7.23. The van der Waals surface area contributed by atoms with Crippen LogP contribution in [0.15, 0.2) is 47.7 Å². The van der Waals surface area contributed by atoms with Gasteiger partial charge in [-0.15, -0.1) is 0 Å². The molecule has 0 aliphatic carbocycles. The van der Waals surface area contributed by atoms with Crippen LogP contribution in [0.2, 0.25) is 0 Å². The molecular weight excluding hydrogens is 340 g/mol. The van der Waals surface area contributed by atoms with E-state index >= 15 is 0 Å². The molecule has 0 radical (unpaired) electrons. The molecule has 7 heteroatoms. The Balaban J connectivity index is 2.12. The number of aliphatic imine (C=N–C) groups is 1. The van der Waals surface area contributed by atoms with E-state index in [0.717, 1.165) is 17.8 Å². The minimum atomic E-state index is -0.0334. The molecule has 0 bridgehead atoms. The van der Waals surface area contributed by atoms with Gasteiger partial charge >= 0.3 is 0 Å². The van der Waals surface area contributed by atoms with E-state index in [0.29, 0.717) is 11.9 Å². The van der Waals surface area contributed by atoms with Gasteiger partial charge in [-0.2, -0.15) is 5.10 Å². The van der Waals surface area contributed by atoms with Gasteiger partial charge in [-0.05, 0) is 36.6 Å². The van der Waals surface area contributed by atoms with Crippen LogP contribution in [0.4, 0.5) is 0 Å². The molecule has 1 aromatic heterocycles. The minimum Gasteiger partial charge on any atom is -0.356 e. The van der Waals surface area contributed by atoms with Crippen LogP contribution >= 0.6 is 0 Å². The fourth-order valence-electron chi connectivity index (χ4n) is 2.39. The van der Waals surface area contributed by atoms with Gasteiger partial charge in [0.2, 0.25) is 5.91 Å². The normalized spacial score (nSPS) is 12.7. The maximum absolute atomic E-state index is 11.9. The molecule has 1 amide bonds. The van der Waals surface area contributed by atoms with Crippen molar-refractivity contribution in [2.45, 2.75) is 26.8 Å². The van der Waals surface area contributed by atoms with E-state index in [1.165, 1.54) is 0 Å². The standard InChI is InChI=1S/C20H30N6O/c1-15(2)13-21-20(22-14-19(27)25(4)5)24-16(3)17-8-6-9-18(12-17)26-11-7-10-23-26/h6-12,15-16H,13-14H2,1-5H3,(H2,21,22,24). The maximum atomic E-state index is 11.9. The molecule has 1 aromatic carbocycles. The van der Waals surface area contributed by atoms with Crippen LogP contribution in [-0.2, 0) is 4.79 Å². The van der Waals surface area contributed by atoms with Gasteiger partial charge in [0.05, 0.1) is 11.7 Å². The van der Waals surface area contributed by atoms with Crippen LogP contribution in [0.25, 0.3) is 5.69 Å². The number of carbonyl (C=O) groups excluding carboxylic acids is 1. The van der Waals surface area contributed by atoms with E-state index in [4.69, 9.17) is 0 Å². The van der Waals surface area contributed by atoms with Crippen LogP contribution < -0.4 is 10.6 Å². The molecule has 0 spiro atoms. The number of guanidine groups is 1. The zero-order chi connectivity index (χ0) is 19.8. The van der Waals surface area contributed by atoms with Crippen molar-refractivity contribution in [2.24, 2.45) is 10.9 Å². The van der Waals surface area contributed by atoms with Gasteiger partial charge in [-0.25, -0.2) is 9.67 Å². The first-order valence-corrected chi connectivity index (χ1v) is 9.21. The van der Waals surface area contributed by atoms with Gasteiger partial charge in [0.15, 0.2) is 5.96 Å². The van der Waals surface area contributed by atoms with Gasteiger partial charge in [0.1, 0.15) is 6.54 Å². The Bertz CT molecular complexity index is 752. The number of rotatable bonds is 7. The first kappa shape index (κ1) is 20.5. The van der Waals surface area contributed by atoms with Gasteiger partial charge in [0.25, 0.3) is 0 Å². The molecule has 2 rings (SSSR count). The third-order valence-electron chi connectivity index (χ3n) is 4.04. The molecule has 0 saturated carbocycles. The first-order valence-electron chi connectivity index (χ1n) is 9.21. The third-order valence-corrected chi connectivity index (χ3v) is 4.04. The van der Waals surface area contributed by atoms with Gasteiger partial charge < -0.3 is 15.5 Å². The Morgan fingerprint density at radius 2 is 2.04 bits per heavy atom. The van der Waals surface area contributed by atoms with E-state index in [-0.39, 0.29) is 18.5 Å². The molecule has 146 valence electrons. The molecule has 7 nitrogen and oxygen atoms in total. The van der Waals surface area contributed by atoms with Crippen molar-refractivity contribution in [1.29, 1.82) is 0 Å². The lowest BCUT2D eigenvalue weighted by Crippen LogP contribution is -2.41. The number of likely N-dealkylation sites (N-methyl/N-ethyl adjacent to an activating group) is 1. The molecule has 1 atom stereocenters. The van der Waals surface area contributed by atoms with E-state index < -0.39 is 0 Å². The van der Waals surface area contributed by atoms with Crippen LogP contribution in [0.1, 0.15) is 32.4 Å². The topological polar surface area (TPSA) is 74.6 Å². The third kappa shape index (κ3) is 6.44. The molecule has 2 aromatic rings. The quantitative estimate of drug-likeness (QED) is 0.579. The van der Waals surface area contributed by atoms with Crippen molar-refractivity contribution < 1.29 is 4.79 Å². The number of amides is 1. The molecule has 0 aliphatic heterocycles. The highest BCUT2D eigenvalue weighted by atomic mass is 16.2. The predicted octanol–water partition coefficient (Wildman–Crippen LogP) is 2.21. The number of hydrogen-bond donors (Lipinski definition) is 2. The zero-order valence-corrected chi connectivity index (χ0v) is 16.8. The van der Waals surface area contributed by atoms with Crippen molar-refractivity contribution in [3.05, 3.63) is 48.3 Å². The molecule has 0 aliphatic rings. The molecule has 0 saturated heterocycles.